The van der Waals surface area contributed by atoms with Crippen LogP contribution >= 0.6 is 0 Å². The van der Waals surface area contributed by atoms with Crippen molar-refractivity contribution in [2.75, 3.05) is 0 Å². The molecule has 0 aliphatic rings. The Morgan fingerprint density at radius 3 is 2.33 bits per heavy atom. The molecule has 0 fully saturated rings. The van der Waals surface area contributed by atoms with E-state index >= 15 is 0 Å². The monoisotopic (exact) mass is 296 g/mol. The second-order valence-electron chi connectivity index (χ2n) is 6.71. The molecule has 2 aromatic carbocycles. The van der Waals surface area contributed by atoms with Crippen LogP contribution in [-0.4, -0.2) is 23.1 Å². The highest BCUT2D eigenvalue weighted by atomic mass is 28.3. The number of hydrogen-bond acceptors (Lipinski definition) is 2. The summed E-state index contributed by atoms with van der Waals surface area (Å²) in [6.45, 7) is 7.21. The molecular weight excluding hydrogens is 275 g/mol. The molecule has 1 unspecified atom stereocenters. The largest absolute Gasteiger partial charge is 0.237 e. The van der Waals surface area contributed by atoms with Gasteiger partial charge >= 0.3 is 0 Å². The van der Waals surface area contributed by atoms with Crippen molar-refractivity contribution in [2.45, 2.75) is 31.7 Å². The van der Waals surface area contributed by atoms with Gasteiger partial charge in [0.05, 0.1) is 11.6 Å². The lowest BCUT2D eigenvalue weighted by atomic mass is 10.2. The summed E-state index contributed by atoms with van der Waals surface area (Å²) >= 11 is 0. The van der Waals surface area contributed by atoms with Gasteiger partial charge < -0.3 is 0 Å². The summed E-state index contributed by atoms with van der Waals surface area (Å²) in [4.78, 5) is 0. The predicted molar refractivity (Wildman–Crippen MR) is 90.3 cm³/mol. The first-order valence-electron chi connectivity index (χ1n) is 7.39. The fourth-order valence-corrected chi connectivity index (χ4v) is 4.29. The van der Waals surface area contributed by atoms with E-state index in [9.17, 15) is 0 Å². The van der Waals surface area contributed by atoms with Crippen LogP contribution in [0.4, 0.5) is 0 Å². The predicted octanol–water partition coefficient (Wildman–Crippen LogP) is 4.36. The zero-order chi connectivity index (χ0) is 14.9. The molecule has 0 aliphatic heterocycles. The second kappa shape index (κ2) is 5.45. The maximum Gasteiger partial charge on any atom is 0.113 e. The number of aromatic nitrogens is 3. The van der Waals surface area contributed by atoms with E-state index in [4.69, 9.17) is 0 Å². The molecule has 0 bridgehead atoms. The maximum atomic E-state index is 4.45. The first-order valence-corrected chi connectivity index (χ1v) is 11.1. The van der Waals surface area contributed by atoms with Crippen molar-refractivity contribution in [1.82, 2.24) is 15.0 Å². The van der Waals surface area contributed by atoms with Gasteiger partial charge in [0.25, 0.3) is 0 Å². The summed E-state index contributed by atoms with van der Waals surface area (Å²) < 4.78 is 2.10. The van der Waals surface area contributed by atoms with Crippen LogP contribution < -0.4 is 0 Å². The van der Waals surface area contributed by atoms with Crippen molar-refractivity contribution in [3.8, 4) is 0 Å². The molecule has 3 nitrogen and oxygen atoms in total. The summed E-state index contributed by atoms with van der Waals surface area (Å²) in [5.74, 6) is 0. The van der Waals surface area contributed by atoms with Crippen LogP contribution in [0.5, 0.6) is 0 Å². The van der Waals surface area contributed by atoms with Crippen LogP contribution in [0.1, 0.15) is 11.6 Å². The first-order chi connectivity index (χ1) is 10.0. The van der Waals surface area contributed by atoms with E-state index in [-0.39, 0.29) is 6.04 Å². The van der Waals surface area contributed by atoms with Crippen molar-refractivity contribution in [2.24, 2.45) is 0 Å². The molecule has 1 atom stereocenters. The minimum absolute atomic E-state index is 0.269. The normalized spacial score (nSPS) is 13.5. The third-order valence-corrected chi connectivity index (χ3v) is 5.27. The highest BCUT2D eigenvalue weighted by Gasteiger charge is 2.25. The fraction of sp³-hybridized carbons (Fsp3) is 0.294. The lowest BCUT2D eigenvalue weighted by molar-refractivity contribution is 0.554. The molecule has 1 aromatic heterocycles. The van der Waals surface area contributed by atoms with Crippen LogP contribution in [0.25, 0.3) is 11.0 Å². The Bertz CT molecular complexity index is 728. The first kappa shape index (κ1) is 14.0. The zero-order valence-electron chi connectivity index (χ0n) is 12.8. The number of para-hydroxylation sites is 1. The molecule has 0 aliphatic carbocycles. The Kier molecular flexibility index (Phi) is 3.63. The van der Waals surface area contributed by atoms with E-state index in [1.807, 2.05) is 12.1 Å². The lowest BCUT2D eigenvalue weighted by Crippen LogP contribution is -2.27. The Hall–Kier alpha value is -1.94. The summed E-state index contributed by atoms with van der Waals surface area (Å²) in [6, 6.07) is 20.3. The number of benzene rings is 2. The van der Waals surface area contributed by atoms with Gasteiger partial charge in [0, 0.05) is 8.07 Å². The quantitative estimate of drug-likeness (QED) is 0.529. The number of hydrogen-bond donors (Lipinski definition) is 0. The van der Waals surface area contributed by atoms with E-state index in [0.717, 1.165) is 17.1 Å². The molecule has 3 aromatic rings. The summed E-state index contributed by atoms with van der Waals surface area (Å²) in [5, 5.41) is 8.77. The van der Waals surface area contributed by atoms with E-state index < -0.39 is 8.07 Å². The average molecular weight is 296 g/mol. The van der Waals surface area contributed by atoms with Gasteiger partial charge in [0.15, 0.2) is 0 Å². The Labute approximate surface area is 126 Å². The van der Waals surface area contributed by atoms with Crippen LogP contribution in [0.3, 0.4) is 0 Å². The highest BCUT2D eigenvalue weighted by Crippen LogP contribution is 2.30. The molecule has 0 amide bonds. The number of rotatable bonds is 4. The molecule has 3 rings (SSSR count). The number of fused-ring (bicyclic) bond motifs is 1. The third kappa shape index (κ3) is 3.05. The van der Waals surface area contributed by atoms with Gasteiger partial charge in [-0.25, -0.2) is 4.68 Å². The van der Waals surface area contributed by atoms with Crippen LogP contribution in [0.2, 0.25) is 25.7 Å². The van der Waals surface area contributed by atoms with E-state index in [1.54, 1.807) is 0 Å². The van der Waals surface area contributed by atoms with Crippen molar-refractivity contribution < 1.29 is 0 Å². The van der Waals surface area contributed by atoms with Crippen molar-refractivity contribution in [3.63, 3.8) is 0 Å². The molecular formula is C17H21N3Si. The molecule has 0 radical (unpaired) electrons. The van der Waals surface area contributed by atoms with E-state index in [1.165, 1.54) is 5.56 Å². The molecule has 108 valence electrons. The van der Waals surface area contributed by atoms with Crippen LogP contribution in [0, 0.1) is 0 Å². The van der Waals surface area contributed by atoms with Gasteiger partial charge in [-0.15, -0.1) is 5.10 Å². The number of nitrogens with zero attached hydrogens (tertiary/aromatic N) is 3. The van der Waals surface area contributed by atoms with Crippen LogP contribution in [-0.2, 0) is 0 Å². The SMILES string of the molecule is C[Si](C)(C)C[13CH](c1ccccc1)n1nnc2ccccc21. The zero-order valence-corrected chi connectivity index (χ0v) is 13.8. The summed E-state index contributed by atoms with van der Waals surface area (Å²) in [5.41, 5.74) is 3.40. The van der Waals surface area contributed by atoms with Crippen molar-refractivity contribution in [1.29, 1.82) is 0 Å². The Morgan fingerprint density at radius 1 is 0.952 bits per heavy atom. The van der Waals surface area contributed by atoms with Gasteiger partial charge in [-0.1, -0.05) is 67.3 Å². The van der Waals surface area contributed by atoms with Gasteiger partial charge in [0.2, 0.25) is 0 Å². The van der Waals surface area contributed by atoms with Crippen molar-refractivity contribution >= 4 is 19.1 Å². The van der Waals surface area contributed by atoms with Gasteiger partial charge in [-0.3, -0.25) is 0 Å². The standard InChI is InChI=1S/C17H21N3Si/c1-21(2,3)13-17(14-9-5-4-6-10-14)20-16-12-8-7-11-15(16)18-19-20/h4-12,17H,13H2,1-3H3/i17+1. The minimum Gasteiger partial charge on any atom is -0.237 e. The fourth-order valence-electron chi connectivity index (χ4n) is 2.72. The molecule has 0 saturated carbocycles. The van der Waals surface area contributed by atoms with E-state index in [2.05, 4.69) is 77.1 Å². The molecule has 0 N–H and O–H groups in total. The minimum atomic E-state index is -1.24. The van der Waals surface area contributed by atoms with E-state index in [0.29, 0.717) is 0 Å². The average Bonchev–Trinajstić information content (AvgIpc) is 2.89. The van der Waals surface area contributed by atoms with Gasteiger partial charge in [-0.2, -0.15) is 0 Å². The topological polar surface area (TPSA) is 30.7 Å². The smallest absolute Gasteiger partial charge is 0.113 e. The van der Waals surface area contributed by atoms with Gasteiger partial charge in [0.1, 0.15) is 5.52 Å². The van der Waals surface area contributed by atoms with Crippen LogP contribution in [0.15, 0.2) is 54.6 Å². The summed E-state index contributed by atoms with van der Waals surface area (Å²) in [6.07, 6.45) is 0. The van der Waals surface area contributed by atoms with Crippen molar-refractivity contribution in [3.05, 3.63) is 60.2 Å². The Morgan fingerprint density at radius 2 is 1.62 bits per heavy atom. The Balaban J connectivity index is 2.11. The molecule has 0 spiro atoms. The van der Waals surface area contributed by atoms with Gasteiger partial charge in [-0.05, 0) is 23.7 Å². The summed E-state index contributed by atoms with van der Waals surface area (Å²) in [7, 11) is -1.24. The molecule has 0 saturated heterocycles. The molecule has 4 heteroatoms. The lowest BCUT2D eigenvalue weighted by Gasteiger charge is -2.25. The second-order valence-corrected chi connectivity index (χ2v) is 12.2. The third-order valence-electron chi connectivity index (χ3n) is 3.66. The molecule has 21 heavy (non-hydrogen) atoms. The molecule has 1 heterocycles. The highest BCUT2D eigenvalue weighted by molar-refractivity contribution is 6.76. The maximum absolute atomic E-state index is 4.45.